The SMILES string of the molecule is Cl.Cl.O=C(O)CSc1ccc(OCc2sc(-c3ccc(C(F)(F)F)cc3)nc2CN2CCN(c3ccc4c(c3)CCO4)CC2)cc1. The second-order valence-corrected chi connectivity index (χ2v) is 12.7. The van der Waals surface area contributed by atoms with Crippen molar-refractivity contribution in [3.8, 4) is 22.1 Å². The minimum Gasteiger partial charge on any atom is -0.493 e. The maximum Gasteiger partial charge on any atom is 0.416 e. The molecule has 0 aliphatic carbocycles. The number of nitrogens with zero attached hydrogens (tertiary/aromatic N) is 3. The van der Waals surface area contributed by atoms with Gasteiger partial charge in [-0.3, -0.25) is 9.69 Å². The van der Waals surface area contributed by atoms with E-state index in [2.05, 4.69) is 28.0 Å². The van der Waals surface area contributed by atoms with Gasteiger partial charge in [0.2, 0.25) is 0 Å². The number of carboxylic acid groups (broad SMARTS) is 1. The van der Waals surface area contributed by atoms with E-state index in [1.807, 2.05) is 12.1 Å². The number of benzene rings is 3. The summed E-state index contributed by atoms with van der Waals surface area (Å²) in [5, 5.41) is 9.55. The molecule has 6 rings (SSSR count). The molecular weight excluding hydrogens is 682 g/mol. The number of hydrogen-bond acceptors (Lipinski definition) is 8. The molecule has 3 heterocycles. The van der Waals surface area contributed by atoms with Gasteiger partial charge in [0.1, 0.15) is 23.1 Å². The zero-order valence-electron chi connectivity index (χ0n) is 24.5. The van der Waals surface area contributed by atoms with Crippen molar-refractivity contribution in [2.45, 2.75) is 30.6 Å². The zero-order valence-corrected chi connectivity index (χ0v) is 27.8. The topological polar surface area (TPSA) is 75.1 Å². The Labute approximate surface area is 285 Å². The largest absolute Gasteiger partial charge is 0.493 e. The molecule has 1 aromatic heterocycles. The van der Waals surface area contributed by atoms with E-state index >= 15 is 0 Å². The average molecular weight is 715 g/mol. The van der Waals surface area contributed by atoms with Crippen LogP contribution in [-0.4, -0.2) is 59.5 Å². The van der Waals surface area contributed by atoms with Crippen molar-refractivity contribution in [1.29, 1.82) is 0 Å². The molecular formula is C32H32Cl2F3N3O4S2. The Morgan fingerprint density at radius 1 is 1.00 bits per heavy atom. The normalized spacial score (nSPS) is 14.5. The molecule has 3 aromatic carbocycles. The lowest BCUT2D eigenvalue weighted by atomic mass is 10.1. The van der Waals surface area contributed by atoms with Crippen molar-refractivity contribution in [3.63, 3.8) is 0 Å². The summed E-state index contributed by atoms with van der Waals surface area (Å²) in [6, 6.07) is 18.7. The molecule has 4 aromatic rings. The Balaban J connectivity index is 0.00000240. The number of carbonyl (C=O) groups is 1. The standard InChI is InChI=1S/C32H30F3N3O4S2.2ClH/c33-32(34,35)23-3-1-21(2-4-23)31-36-27(29(44-31)19-42-25-6-8-26(9-7-25)43-20-30(39)40)18-37-12-14-38(15-13-37)24-5-10-28-22(17-24)11-16-41-28;;/h1-10,17H,11-16,18-20H2,(H,39,40);2*1H. The van der Waals surface area contributed by atoms with E-state index in [9.17, 15) is 18.0 Å². The van der Waals surface area contributed by atoms with E-state index < -0.39 is 17.7 Å². The molecule has 0 spiro atoms. The molecule has 0 radical (unpaired) electrons. The molecule has 1 fully saturated rings. The summed E-state index contributed by atoms with van der Waals surface area (Å²) in [6.07, 6.45) is -3.46. The molecule has 0 unspecified atom stereocenters. The van der Waals surface area contributed by atoms with Gasteiger partial charge in [0, 0.05) is 55.3 Å². The lowest BCUT2D eigenvalue weighted by Gasteiger charge is -2.36. The molecule has 14 heteroatoms. The van der Waals surface area contributed by atoms with E-state index in [0.717, 1.165) is 72.6 Å². The van der Waals surface area contributed by atoms with Gasteiger partial charge < -0.3 is 19.5 Å². The van der Waals surface area contributed by atoms with Crippen LogP contribution in [0.3, 0.4) is 0 Å². The Bertz CT molecular complexity index is 1610. The Morgan fingerprint density at radius 2 is 1.72 bits per heavy atom. The fourth-order valence-electron chi connectivity index (χ4n) is 5.22. The Kier molecular flexibility index (Phi) is 12.1. The predicted octanol–water partition coefficient (Wildman–Crippen LogP) is 7.69. The maximum atomic E-state index is 13.1. The van der Waals surface area contributed by atoms with Crippen molar-refractivity contribution in [3.05, 3.63) is 88.4 Å². The number of anilines is 1. The van der Waals surface area contributed by atoms with Crippen molar-refractivity contribution >= 4 is 59.6 Å². The molecule has 0 amide bonds. The Morgan fingerprint density at radius 3 is 2.39 bits per heavy atom. The van der Waals surface area contributed by atoms with Gasteiger partial charge in [0.25, 0.3) is 0 Å². The van der Waals surface area contributed by atoms with Gasteiger partial charge in [-0.25, -0.2) is 4.98 Å². The number of thioether (sulfide) groups is 1. The van der Waals surface area contributed by atoms with Crippen LogP contribution in [0.1, 0.15) is 21.7 Å². The molecule has 2 aliphatic rings. The van der Waals surface area contributed by atoms with Crippen LogP contribution in [0.4, 0.5) is 18.9 Å². The highest BCUT2D eigenvalue weighted by Crippen LogP contribution is 2.35. The molecule has 0 atom stereocenters. The average Bonchev–Trinajstić information content (AvgIpc) is 3.66. The monoisotopic (exact) mass is 713 g/mol. The van der Waals surface area contributed by atoms with Crippen LogP contribution in [0.2, 0.25) is 0 Å². The number of fused-ring (bicyclic) bond motifs is 1. The number of rotatable bonds is 10. The zero-order chi connectivity index (χ0) is 30.7. The van der Waals surface area contributed by atoms with Crippen molar-refractivity contribution < 1.29 is 32.5 Å². The van der Waals surface area contributed by atoms with Crippen LogP contribution in [-0.2, 0) is 30.5 Å². The van der Waals surface area contributed by atoms with Gasteiger partial charge in [-0.1, -0.05) is 12.1 Å². The quantitative estimate of drug-likeness (QED) is 0.168. The summed E-state index contributed by atoms with van der Waals surface area (Å²) in [7, 11) is 0. The summed E-state index contributed by atoms with van der Waals surface area (Å²) in [6.45, 7) is 5.02. The minimum atomic E-state index is -4.40. The van der Waals surface area contributed by atoms with Crippen LogP contribution in [0.25, 0.3) is 10.6 Å². The number of piperazine rings is 1. The minimum absolute atomic E-state index is 0. The lowest BCUT2D eigenvalue weighted by molar-refractivity contribution is -0.137. The van der Waals surface area contributed by atoms with Gasteiger partial charge in [-0.05, 0) is 60.2 Å². The van der Waals surface area contributed by atoms with Gasteiger partial charge in [-0.2, -0.15) is 13.2 Å². The summed E-state index contributed by atoms with van der Waals surface area (Å²) >= 11 is 2.65. The number of halogens is 5. The van der Waals surface area contributed by atoms with E-state index in [-0.39, 0.29) is 37.2 Å². The number of aromatic nitrogens is 1. The first-order chi connectivity index (χ1) is 21.2. The number of alkyl halides is 3. The highest BCUT2D eigenvalue weighted by Gasteiger charge is 2.30. The first kappa shape index (κ1) is 35.7. The molecule has 246 valence electrons. The maximum absolute atomic E-state index is 13.1. The smallest absolute Gasteiger partial charge is 0.416 e. The van der Waals surface area contributed by atoms with Crippen LogP contribution < -0.4 is 14.4 Å². The molecule has 0 bridgehead atoms. The first-order valence-electron chi connectivity index (χ1n) is 14.2. The fraction of sp³-hybridized carbons (Fsp3) is 0.312. The summed E-state index contributed by atoms with van der Waals surface area (Å²) in [5.74, 6) is 0.709. The van der Waals surface area contributed by atoms with Crippen molar-refractivity contribution in [2.24, 2.45) is 0 Å². The van der Waals surface area contributed by atoms with Gasteiger partial charge in [-0.15, -0.1) is 47.9 Å². The van der Waals surface area contributed by atoms with E-state index in [4.69, 9.17) is 19.6 Å². The molecule has 46 heavy (non-hydrogen) atoms. The lowest BCUT2D eigenvalue weighted by Crippen LogP contribution is -2.46. The third kappa shape index (κ3) is 8.80. The number of carboxylic acids is 1. The first-order valence-corrected chi connectivity index (χ1v) is 16.0. The highest BCUT2D eigenvalue weighted by molar-refractivity contribution is 8.00. The third-order valence-electron chi connectivity index (χ3n) is 7.58. The molecule has 1 N–H and O–H groups in total. The van der Waals surface area contributed by atoms with Gasteiger partial charge in [0.05, 0.1) is 28.5 Å². The van der Waals surface area contributed by atoms with Gasteiger partial charge in [0.15, 0.2) is 0 Å². The number of thiazole rings is 1. The van der Waals surface area contributed by atoms with Crippen LogP contribution >= 0.6 is 47.9 Å². The van der Waals surface area contributed by atoms with Crippen molar-refractivity contribution in [2.75, 3.05) is 43.4 Å². The molecule has 7 nitrogen and oxygen atoms in total. The second kappa shape index (κ2) is 15.6. The summed E-state index contributed by atoms with van der Waals surface area (Å²) in [5.41, 5.74) is 3.23. The molecule has 1 saturated heterocycles. The molecule has 0 saturated carbocycles. The van der Waals surface area contributed by atoms with E-state index in [1.165, 1.54) is 46.5 Å². The van der Waals surface area contributed by atoms with Crippen LogP contribution in [0.15, 0.2) is 71.6 Å². The fourth-order valence-corrected chi connectivity index (χ4v) is 6.82. The summed E-state index contributed by atoms with van der Waals surface area (Å²) < 4.78 is 51.1. The second-order valence-electron chi connectivity index (χ2n) is 10.6. The third-order valence-corrected chi connectivity index (χ3v) is 9.69. The number of aliphatic carboxylic acids is 1. The van der Waals surface area contributed by atoms with E-state index in [0.29, 0.717) is 22.9 Å². The molecule has 2 aliphatic heterocycles. The number of hydrogen-bond donors (Lipinski definition) is 1. The number of ether oxygens (including phenoxy) is 2. The van der Waals surface area contributed by atoms with Crippen molar-refractivity contribution in [1.82, 2.24) is 9.88 Å². The van der Waals surface area contributed by atoms with Gasteiger partial charge >= 0.3 is 12.1 Å². The predicted molar refractivity (Wildman–Crippen MR) is 179 cm³/mol. The van der Waals surface area contributed by atoms with E-state index in [1.54, 1.807) is 12.1 Å². The summed E-state index contributed by atoms with van der Waals surface area (Å²) in [4.78, 5) is 22.2. The van der Waals surface area contributed by atoms with Crippen LogP contribution in [0.5, 0.6) is 11.5 Å². The van der Waals surface area contributed by atoms with Crippen LogP contribution in [0, 0.1) is 0 Å². The Hall–Kier alpha value is -3.16. The highest BCUT2D eigenvalue weighted by atomic mass is 35.5.